The molecular weight excluding hydrogens is 240 g/mol. The summed E-state index contributed by atoms with van der Waals surface area (Å²) in [5.74, 6) is 0.157. The zero-order valence-corrected chi connectivity index (χ0v) is 13.1. The average molecular weight is 270 g/mol. The number of likely N-dealkylation sites (N-methyl/N-ethyl adjacent to an activating group) is 1. The zero-order valence-electron chi connectivity index (χ0n) is 13.1. The van der Waals surface area contributed by atoms with Gasteiger partial charge in [-0.25, -0.2) is 0 Å². The number of rotatable bonds is 6. The fourth-order valence-corrected chi connectivity index (χ4v) is 2.40. The van der Waals surface area contributed by atoms with Gasteiger partial charge in [-0.1, -0.05) is 6.92 Å². The topological polar surface area (TPSA) is 47.6 Å². The summed E-state index contributed by atoms with van der Waals surface area (Å²) >= 11 is 0. The number of carbonyl (C=O) groups excluding carboxylic acids is 1. The molecule has 2 N–H and O–H groups in total. The Bertz CT molecular complexity index is 285. The van der Waals surface area contributed by atoms with Crippen LogP contribution in [0.25, 0.3) is 0 Å². The third-order valence-electron chi connectivity index (χ3n) is 4.01. The second-order valence-corrected chi connectivity index (χ2v) is 6.28. The lowest BCUT2D eigenvalue weighted by Gasteiger charge is -2.43. The lowest BCUT2D eigenvalue weighted by atomic mass is 10.0. The third kappa shape index (κ3) is 5.09. The predicted molar refractivity (Wildman–Crippen MR) is 79.2 cm³/mol. The molecule has 0 aromatic rings. The number of nitrogens with one attached hydrogen (secondary N) is 2. The van der Waals surface area contributed by atoms with Crippen molar-refractivity contribution in [2.24, 2.45) is 5.92 Å². The molecule has 19 heavy (non-hydrogen) atoms. The standard InChI is InChI=1S/C14H30N4O/c1-12(10-15-4)13(19)16-11-14(2,3)18-8-6-17(5)7-9-18/h12,15H,6-11H2,1-5H3,(H,16,19). The monoisotopic (exact) mass is 270 g/mol. The molecular formula is C14H30N4O. The van der Waals surface area contributed by atoms with Gasteiger partial charge in [0.15, 0.2) is 0 Å². The van der Waals surface area contributed by atoms with Gasteiger partial charge < -0.3 is 15.5 Å². The smallest absolute Gasteiger partial charge is 0.224 e. The number of hydrogen-bond donors (Lipinski definition) is 2. The summed E-state index contributed by atoms with van der Waals surface area (Å²) in [4.78, 5) is 16.8. The van der Waals surface area contributed by atoms with Gasteiger partial charge in [-0.2, -0.15) is 0 Å². The molecule has 1 heterocycles. The first-order chi connectivity index (χ1) is 8.86. The summed E-state index contributed by atoms with van der Waals surface area (Å²) in [6.45, 7) is 12.2. The Hall–Kier alpha value is -0.650. The molecule has 0 spiro atoms. The molecule has 0 aliphatic carbocycles. The Kier molecular flexibility index (Phi) is 6.23. The Labute approximate surface area is 117 Å². The second kappa shape index (κ2) is 7.22. The number of amides is 1. The molecule has 0 aromatic heterocycles. The van der Waals surface area contributed by atoms with Crippen molar-refractivity contribution < 1.29 is 4.79 Å². The SMILES string of the molecule is CNCC(C)C(=O)NCC(C)(C)N1CCN(C)CC1. The average Bonchev–Trinajstić information content (AvgIpc) is 2.37. The highest BCUT2D eigenvalue weighted by molar-refractivity contribution is 5.78. The molecule has 1 unspecified atom stereocenters. The second-order valence-electron chi connectivity index (χ2n) is 6.28. The van der Waals surface area contributed by atoms with Gasteiger partial charge in [-0.3, -0.25) is 9.69 Å². The van der Waals surface area contributed by atoms with Crippen LogP contribution in [0.15, 0.2) is 0 Å². The Balaban J connectivity index is 2.39. The van der Waals surface area contributed by atoms with E-state index in [4.69, 9.17) is 0 Å². The summed E-state index contributed by atoms with van der Waals surface area (Å²) in [5.41, 5.74) is 0.0241. The molecule has 5 heteroatoms. The summed E-state index contributed by atoms with van der Waals surface area (Å²) < 4.78 is 0. The normalized spacial score (nSPS) is 20.3. The summed E-state index contributed by atoms with van der Waals surface area (Å²) in [5, 5.41) is 6.12. The minimum atomic E-state index is 0.0216. The molecule has 0 radical (unpaired) electrons. The van der Waals surface area contributed by atoms with Crippen molar-refractivity contribution in [1.29, 1.82) is 0 Å². The lowest BCUT2D eigenvalue weighted by Crippen LogP contribution is -2.58. The van der Waals surface area contributed by atoms with Crippen LogP contribution in [-0.2, 0) is 4.79 Å². The minimum Gasteiger partial charge on any atom is -0.354 e. The minimum absolute atomic E-state index is 0.0216. The van der Waals surface area contributed by atoms with Crippen molar-refractivity contribution in [3.63, 3.8) is 0 Å². The molecule has 1 rings (SSSR count). The molecule has 0 saturated carbocycles. The maximum atomic E-state index is 11.9. The summed E-state index contributed by atoms with van der Waals surface area (Å²) in [6, 6.07) is 0. The summed E-state index contributed by atoms with van der Waals surface area (Å²) in [7, 11) is 4.03. The van der Waals surface area contributed by atoms with Crippen molar-refractivity contribution >= 4 is 5.91 Å². The molecule has 1 amide bonds. The van der Waals surface area contributed by atoms with Crippen LogP contribution in [0, 0.1) is 5.92 Å². The fraction of sp³-hybridized carbons (Fsp3) is 0.929. The van der Waals surface area contributed by atoms with Crippen LogP contribution in [0.1, 0.15) is 20.8 Å². The number of hydrogen-bond acceptors (Lipinski definition) is 4. The Morgan fingerprint density at radius 2 is 1.84 bits per heavy atom. The maximum absolute atomic E-state index is 11.9. The zero-order chi connectivity index (χ0) is 14.5. The van der Waals surface area contributed by atoms with Gasteiger partial charge >= 0.3 is 0 Å². The molecule has 1 saturated heterocycles. The van der Waals surface area contributed by atoms with Crippen LogP contribution >= 0.6 is 0 Å². The van der Waals surface area contributed by atoms with Crippen LogP contribution in [0.5, 0.6) is 0 Å². The number of nitrogens with zero attached hydrogens (tertiary/aromatic N) is 2. The van der Waals surface area contributed by atoms with E-state index in [0.717, 1.165) is 32.7 Å². The van der Waals surface area contributed by atoms with Crippen LogP contribution < -0.4 is 10.6 Å². The molecule has 1 aliphatic heterocycles. The third-order valence-corrected chi connectivity index (χ3v) is 4.01. The highest BCUT2D eigenvalue weighted by Crippen LogP contribution is 2.15. The fourth-order valence-electron chi connectivity index (χ4n) is 2.40. The van der Waals surface area contributed by atoms with Crippen LogP contribution in [0.2, 0.25) is 0 Å². The Morgan fingerprint density at radius 3 is 2.37 bits per heavy atom. The van der Waals surface area contributed by atoms with Crippen molar-refractivity contribution in [2.45, 2.75) is 26.3 Å². The van der Waals surface area contributed by atoms with Crippen LogP contribution in [0.4, 0.5) is 0 Å². The highest BCUT2D eigenvalue weighted by atomic mass is 16.1. The predicted octanol–water partition coefficient (Wildman–Crippen LogP) is -0.0159. The van der Waals surface area contributed by atoms with Gasteiger partial charge in [0.25, 0.3) is 0 Å². The molecule has 1 atom stereocenters. The van der Waals surface area contributed by atoms with Crippen molar-refractivity contribution in [3.05, 3.63) is 0 Å². The molecule has 0 aromatic carbocycles. The Morgan fingerprint density at radius 1 is 1.26 bits per heavy atom. The lowest BCUT2D eigenvalue weighted by molar-refractivity contribution is -0.125. The van der Waals surface area contributed by atoms with E-state index in [-0.39, 0.29) is 17.4 Å². The quantitative estimate of drug-likeness (QED) is 0.712. The van der Waals surface area contributed by atoms with Gasteiger partial charge in [0.2, 0.25) is 5.91 Å². The molecule has 1 aliphatic rings. The van der Waals surface area contributed by atoms with Crippen molar-refractivity contribution in [3.8, 4) is 0 Å². The number of carbonyl (C=O) groups is 1. The highest BCUT2D eigenvalue weighted by Gasteiger charge is 2.29. The number of piperazine rings is 1. The van der Waals surface area contributed by atoms with Crippen molar-refractivity contribution in [2.75, 3.05) is 53.4 Å². The largest absolute Gasteiger partial charge is 0.354 e. The van der Waals surface area contributed by atoms with E-state index in [1.165, 1.54) is 0 Å². The van der Waals surface area contributed by atoms with E-state index >= 15 is 0 Å². The maximum Gasteiger partial charge on any atom is 0.224 e. The van der Waals surface area contributed by atoms with E-state index in [1.54, 1.807) is 0 Å². The van der Waals surface area contributed by atoms with E-state index in [1.807, 2.05) is 14.0 Å². The molecule has 1 fully saturated rings. The van der Waals surface area contributed by atoms with E-state index < -0.39 is 0 Å². The summed E-state index contributed by atoms with van der Waals surface area (Å²) in [6.07, 6.45) is 0. The van der Waals surface area contributed by atoms with Crippen LogP contribution in [0.3, 0.4) is 0 Å². The van der Waals surface area contributed by atoms with Gasteiger partial charge in [0.05, 0.1) is 0 Å². The first-order valence-corrected chi connectivity index (χ1v) is 7.22. The van der Waals surface area contributed by atoms with E-state index in [9.17, 15) is 4.79 Å². The molecule has 0 bridgehead atoms. The van der Waals surface area contributed by atoms with Crippen LogP contribution in [-0.4, -0.2) is 74.6 Å². The van der Waals surface area contributed by atoms with Gasteiger partial charge in [0, 0.05) is 50.7 Å². The van der Waals surface area contributed by atoms with Gasteiger partial charge in [0.1, 0.15) is 0 Å². The first kappa shape index (κ1) is 16.4. The van der Waals surface area contributed by atoms with E-state index in [0.29, 0.717) is 6.54 Å². The molecule has 5 nitrogen and oxygen atoms in total. The van der Waals surface area contributed by atoms with Gasteiger partial charge in [-0.05, 0) is 27.9 Å². The first-order valence-electron chi connectivity index (χ1n) is 7.22. The van der Waals surface area contributed by atoms with Gasteiger partial charge in [-0.15, -0.1) is 0 Å². The molecule has 112 valence electrons. The van der Waals surface area contributed by atoms with E-state index in [2.05, 4.69) is 41.3 Å². The van der Waals surface area contributed by atoms with Crippen molar-refractivity contribution in [1.82, 2.24) is 20.4 Å².